The Hall–Kier alpha value is -4.15. The zero-order valence-electron chi connectivity index (χ0n) is 52.6. The SMILES string of the molecule is CC[C@H]1OC(=O)[C@H](C)[C@@H](C2C[C@@](C)(OC)[C@@H](O)[C@H](C)O2)[C@H](C)[C@@H](O[C@@H]2O[C@H](C)C[C@H](N(C)C)[C@H]2O)[C@](C)(O)C[C@@H](C)CN(C(=O)CCCCCCC[PH](c2ccccc2)(c2ccccc2)c2ccccc2-c2ccccc2)[C@H](C)[C@@H](O)[C@]1(C)O. The number of ether oxygens (including phenoxy) is 5. The van der Waals surface area contributed by atoms with Gasteiger partial charge in [-0.05, 0) is 67.5 Å². The van der Waals surface area contributed by atoms with Crippen LogP contribution in [-0.4, -0.2) is 165 Å². The number of cyclic esters (lactones) is 1. The van der Waals surface area contributed by atoms with Gasteiger partial charge < -0.3 is 49.0 Å². The second-order valence-corrected chi connectivity index (χ2v) is 30.2. The Bertz CT molecular complexity index is 2640. The molecule has 7 rings (SSSR count). The molecule has 84 heavy (non-hydrogen) atoms. The molecule has 3 fully saturated rings. The molecule has 3 aliphatic heterocycles. The van der Waals surface area contributed by atoms with E-state index in [9.17, 15) is 35.1 Å². The molecule has 0 radical (unpaired) electrons. The van der Waals surface area contributed by atoms with Crippen LogP contribution in [0, 0.1) is 23.7 Å². The number of aliphatic hydroxyl groups is 5. The number of hydrogen-bond donors (Lipinski definition) is 5. The van der Waals surface area contributed by atoms with Crippen molar-refractivity contribution in [2.75, 3.05) is 33.9 Å². The Morgan fingerprint density at radius 2 is 1.32 bits per heavy atom. The summed E-state index contributed by atoms with van der Waals surface area (Å²) in [6.07, 6.45) is -2.42. The molecule has 0 aliphatic carbocycles. The number of methoxy groups -OCH3 is 1. The van der Waals surface area contributed by atoms with E-state index in [1.807, 2.05) is 46.7 Å². The Morgan fingerprint density at radius 1 is 0.750 bits per heavy atom. The van der Waals surface area contributed by atoms with E-state index in [4.69, 9.17) is 23.7 Å². The average molecular weight is 1180 g/mol. The summed E-state index contributed by atoms with van der Waals surface area (Å²) < 4.78 is 32.3. The normalized spacial score (nSPS) is 35.2. The van der Waals surface area contributed by atoms with Gasteiger partial charge in [0.05, 0.1) is 41.5 Å². The molecule has 5 N–H and O–H groups in total. The minimum Gasteiger partial charge on any atom is -0.383 e. The van der Waals surface area contributed by atoms with Crippen molar-refractivity contribution in [2.24, 2.45) is 23.7 Å². The van der Waals surface area contributed by atoms with Crippen molar-refractivity contribution < 1.29 is 58.8 Å². The number of hydrogen-bond acceptors (Lipinski definition) is 13. The van der Waals surface area contributed by atoms with Crippen molar-refractivity contribution >= 4 is 35.1 Å². The van der Waals surface area contributed by atoms with Crippen LogP contribution in [0.15, 0.2) is 115 Å². The van der Waals surface area contributed by atoms with Gasteiger partial charge >= 0.3 is 271 Å². The minimum absolute atomic E-state index is 0.0899. The standard InChI is InChI=1S/C69H103N2O12P/c1-14-58-69(10,78)62(74)49(6)71(59(72)39-27-16-15-17-30-40-84(52-33-23-19-24-34-52,53-35-25-20-26-36-53)57-38-29-28-37-54(57)51-31-21-18-22-32-51)44-45(2)42-67(8,77)64(83-66-61(73)55(70(11)12)41-46(3)80-66)47(4)60(48(5)65(76)82-58)56-43-68(9,79-13)63(75)50(7)81-56/h18-26,28-29,31-38,45-50,55-56,58,60-64,66,73-75,77-78,84H,14-17,27,30,39-44H2,1-13H3/t45-,46-,47+,48-,49-,50+,55+,56?,58-,60+,61-,62-,63+,64-,66+,67-,68-,69-/m1/s1. The van der Waals surface area contributed by atoms with Crippen molar-refractivity contribution in [1.29, 1.82) is 0 Å². The van der Waals surface area contributed by atoms with Gasteiger partial charge in [0.15, 0.2) is 6.29 Å². The van der Waals surface area contributed by atoms with Gasteiger partial charge in [-0.1, -0.05) is 20.8 Å². The molecular formula is C69H103N2O12P. The van der Waals surface area contributed by atoms with Crippen LogP contribution in [0.5, 0.6) is 0 Å². The van der Waals surface area contributed by atoms with E-state index in [1.54, 1.807) is 39.5 Å². The van der Waals surface area contributed by atoms with Crippen molar-refractivity contribution in [3.63, 3.8) is 0 Å². The summed E-state index contributed by atoms with van der Waals surface area (Å²) in [6, 6.07) is 40.4. The molecule has 1 unspecified atom stereocenters. The summed E-state index contributed by atoms with van der Waals surface area (Å²) in [5, 5.41) is 65.5. The summed E-state index contributed by atoms with van der Waals surface area (Å²) in [5.41, 5.74) is -2.32. The van der Waals surface area contributed by atoms with E-state index in [0.29, 0.717) is 12.8 Å². The van der Waals surface area contributed by atoms with Gasteiger partial charge in [0, 0.05) is 25.5 Å². The van der Waals surface area contributed by atoms with E-state index in [1.165, 1.54) is 41.1 Å². The summed E-state index contributed by atoms with van der Waals surface area (Å²) in [5.74, 6) is -3.72. The first-order valence-corrected chi connectivity index (χ1v) is 33.5. The van der Waals surface area contributed by atoms with E-state index < -0.39 is 109 Å². The molecule has 0 aromatic heterocycles. The molecule has 0 saturated carbocycles. The quantitative estimate of drug-likeness (QED) is 0.0362. The number of carbonyl (C=O) groups excluding carboxylic acids is 2. The van der Waals surface area contributed by atoms with Crippen LogP contribution in [-0.2, 0) is 33.3 Å². The van der Waals surface area contributed by atoms with Gasteiger partial charge in [-0.15, -0.1) is 0 Å². The molecule has 18 atom stereocenters. The second kappa shape index (κ2) is 29.2. The summed E-state index contributed by atoms with van der Waals surface area (Å²) in [7, 11) is 2.72. The van der Waals surface area contributed by atoms with Gasteiger partial charge in [-0.2, -0.15) is 0 Å². The Morgan fingerprint density at radius 3 is 1.92 bits per heavy atom. The predicted molar refractivity (Wildman–Crippen MR) is 336 cm³/mol. The second-order valence-electron chi connectivity index (χ2n) is 26.2. The van der Waals surface area contributed by atoms with Crippen molar-refractivity contribution in [3.05, 3.63) is 115 Å². The van der Waals surface area contributed by atoms with E-state index in [2.05, 4.69) is 115 Å². The monoisotopic (exact) mass is 1180 g/mol. The van der Waals surface area contributed by atoms with Crippen molar-refractivity contribution in [2.45, 2.75) is 217 Å². The molecule has 3 aliphatic rings. The van der Waals surface area contributed by atoms with E-state index >= 15 is 0 Å². The molecule has 4 aromatic carbocycles. The Labute approximate surface area is 502 Å². The molecule has 0 spiro atoms. The van der Waals surface area contributed by atoms with Crippen LogP contribution in [0.1, 0.15) is 133 Å². The topological polar surface area (TPSA) is 188 Å². The molecule has 466 valence electrons. The Balaban J connectivity index is 1.15. The van der Waals surface area contributed by atoms with Crippen LogP contribution in [0.3, 0.4) is 0 Å². The maximum atomic E-state index is 14.9. The number of unbranched alkanes of at least 4 members (excludes halogenated alkanes) is 4. The first-order valence-electron chi connectivity index (χ1n) is 31.3. The number of rotatable bonds is 18. The van der Waals surface area contributed by atoms with Gasteiger partial charge in [-0.3, -0.25) is 4.79 Å². The number of carbonyl (C=O) groups is 2. The molecule has 0 bridgehead atoms. The molecule has 1 amide bonds. The first kappa shape index (κ1) is 67.4. The third-order valence-electron chi connectivity index (χ3n) is 19.5. The zero-order valence-corrected chi connectivity index (χ0v) is 53.6. The molecule has 3 heterocycles. The van der Waals surface area contributed by atoms with Gasteiger partial charge in [0.1, 0.15) is 18.3 Å². The van der Waals surface area contributed by atoms with Gasteiger partial charge in [0.25, 0.3) is 0 Å². The summed E-state index contributed by atoms with van der Waals surface area (Å²) >= 11 is 0. The molecular weight excluding hydrogens is 1080 g/mol. The van der Waals surface area contributed by atoms with E-state index in [-0.39, 0.29) is 50.3 Å². The molecule has 15 heteroatoms. The molecule has 14 nitrogen and oxygen atoms in total. The predicted octanol–water partition coefficient (Wildman–Crippen LogP) is 8.81. The minimum atomic E-state index is -2.60. The van der Waals surface area contributed by atoms with Crippen LogP contribution >= 0.6 is 7.26 Å². The fourth-order valence-corrected chi connectivity index (χ4v) is 20.0. The molecule has 3 saturated heterocycles. The van der Waals surface area contributed by atoms with Crippen LogP contribution in [0.25, 0.3) is 11.1 Å². The van der Waals surface area contributed by atoms with Crippen LogP contribution in [0.2, 0.25) is 0 Å². The fraction of sp³-hybridized carbons (Fsp3) is 0.623. The smallest absolute Gasteiger partial charge is 0.383 e. The summed E-state index contributed by atoms with van der Waals surface area (Å²) in [4.78, 5) is 33.4. The van der Waals surface area contributed by atoms with Crippen LogP contribution in [0.4, 0.5) is 0 Å². The number of benzene rings is 4. The van der Waals surface area contributed by atoms with E-state index in [0.717, 1.165) is 31.8 Å². The fourth-order valence-electron chi connectivity index (χ4n) is 14.8. The van der Waals surface area contributed by atoms with Crippen molar-refractivity contribution in [1.82, 2.24) is 9.80 Å². The summed E-state index contributed by atoms with van der Waals surface area (Å²) in [6.45, 7) is 17.8. The van der Waals surface area contributed by atoms with Gasteiger partial charge in [0.2, 0.25) is 0 Å². The number of esters is 1. The third-order valence-corrected chi connectivity index (χ3v) is 24.6. The zero-order chi connectivity index (χ0) is 61.3. The number of nitrogens with zero attached hydrogens (tertiary/aromatic N) is 2. The number of aliphatic hydroxyl groups excluding tert-OH is 3. The van der Waals surface area contributed by atoms with Crippen LogP contribution < -0.4 is 15.9 Å². The van der Waals surface area contributed by atoms with Gasteiger partial charge in [-0.25, -0.2) is 0 Å². The first-order chi connectivity index (χ1) is 39.8. The molecule has 4 aromatic rings. The maximum absolute atomic E-state index is 14.9. The third kappa shape index (κ3) is 15.0. The number of amides is 1. The average Bonchev–Trinajstić information content (AvgIpc) is 1.43. The van der Waals surface area contributed by atoms with Crippen molar-refractivity contribution in [3.8, 4) is 11.1 Å². The number of likely N-dealkylation sites (N-methyl/N-ethyl adjacent to an activating group) is 1. The Kier molecular flexibility index (Phi) is 23.4.